The molecule has 0 radical (unpaired) electrons. The summed E-state index contributed by atoms with van der Waals surface area (Å²) in [6, 6.07) is 5.39. The Hall–Kier alpha value is -2.74. The average Bonchev–Trinajstić information content (AvgIpc) is 2.61. The predicted octanol–water partition coefficient (Wildman–Crippen LogP) is 0.882. The Bertz CT molecular complexity index is 925. The fourth-order valence-corrected chi connectivity index (χ4v) is 3.35. The van der Waals surface area contributed by atoms with Gasteiger partial charge >= 0.3 is 0 Å². The van der Waals surface area contributed by atoms with E-state index in [1.165, 1.54) is 12.1 Å². The largest absolute Gasteiger partial charge is 0.353 e. The van der Waals surface area contributed by atoms with Crippen LogP contribution in [0.15, 0.2) is 29.1 Å². The zero-order valence-electron chi connectivity index (χ0n) is 15.3. The van der Waals surface area contributed by atoms with Crippen LogP contribution in [0, 0.1) is 5.82 Å². The molecule has 1 atom stereocenters. The number of pyridine rings is 1. The van der Waals surface area contributed by atoms with Crippen molar-refractivity contribution in [3.8, 4) is 0 Å². The number of amides is 2. The van der Waals surface area contributed by atoms with Gasteiger partial charge < -0.3 is 15.6 Å². The number of carbonyl (C=O) groups is 2. The summed E-state index contributed by atoms with van der Waals surface area (Å²) in [6.07, 6.45) is 0.0285. The zero-order chi connectivity index (χ0) is 19.6. The standard InChI is InChI=1S/C19H23FN4O3/c1-11(2)24-6-5-21-19(27)16(24)9-17(25)22-10-13-7-12-3-4-14(20)8-15(12)23-18(13)26/h3-4,7-8,11,16H,5-6,9-10H2,1-2H3,(H,21,27)(H,22,25)(H,23,26)/t16-/m1/s1. The van der Waals surface area contributed by atoms with Crippen LogP contribution in [-0.4, -0.2) is 46.9 Å². The molecule has 1 aliphatic rings. The molecule has 0 aliphatic carbocycles. The minimum Gasteiger partial charge on any atom is -0.353 e. The van der Waals surface area contributed by atoms with Crippen molar-refractivity contribution >= 4 is 22.7 Å². The molecule has 2 aromatic rings. The fourth-order valence-electron chi connectivity index (χ4n) is 3.35. The molecule has 2 heterocycles. The molecular weight excluding hydrogens is 351 g/mol. The minimum absolute atomic E-state index is 0.0285. The third-order valence-corrected chi connectivity index (χ3v) is 4.78. The van der Waals surface area contributed by atoms with E-state index in [0.717, 1.165) is 0 Å². The van der Waals surface area contributed by atoms with Crippen molar-refractivity contribution in [2.24, 2.45) is 0 Å². The quantitative estimate of drug-likeness (QED) is 0.724. The van der Waals surface area contributed by atoms with Gasteiger partial charge in [0.2, 0.25) is 11.8 Å². The van der Waals surface area contributed by atoms with E-state index in [9.17, 15) is 18.8 Å². The van der Waals surface area contributed by atoms with E-state index in [2.05, 4.69) is 15.6 Å². The summed E-state index contributed by atoms with van der Waals surface area (Å²) in [7, 11) is 0. The third kappa shape index (κ3) is 4.33. The second-order valence-electron chi connectivity index (χ2n) is 6.97. The highest BCUT2D eigenvalue weighted by molar-refractivity contribution is 5.89. The van der Waals surface area contributed by atoms with Crippen LogP contribution in [-0.2, 0) is 16.1 Å². The van der Waals surface area contributed by atoms with Gasteiger partial charge in [-0.3, -0.25) is 19.3 Å². The highest BCUT2D eigenvalue weighted by Gasteiger charge is 2.32. The first-order valence-electron chi connectivity index (χ1n) is 8.97. The minimum atomic E-state index is -0.517. The first-order valence-corrected chi connectivity index (χ1v) is 8.97. The molecule has 1 aromatic heterocycles. The van der Waals surface area contributed by atoms with E-state index in [1.54, 1.807) is 12.1 Å². The molecule has 1 saturated heterocycles. The summed E-state index contributed by atoms with van der Waals surface area (Å²) in [5, 5.41) is 6.17. The lowest BCUT2D eigenvalue weighted by molar-refractivity contribution is -0.134. The fraction of sp³-hybridized carbons (Fsp3) is 0.421. The smallest absolute Gasteiger partial charge is 0.253 e. The Morgan fingerprint density at radius 2 is 2.11 bits per heavy atom. The molecule has 8 heteroatoms. The predicted molar refractivity (Wildman–Crippen MR) is 99.6 cm³/mol. The molecule has 0 saturated carbocycles. The van der Waals surface area contributed by atoms with Crippen LogP contribution in [0.25, 0.3) is 10.9 Å². The summed E-state index contributed by atoms with van der Waals surface area (Å²) in [4.78, 5) is 41.2. The van der Waals surface area contributed by atoms with Crippen molar-refractivity contribution in [3.63, 3.8) is 0 Å². The molecule has 144 valence electrons. The summed E-state index contributed by atoms with van der Waals surface area (Å²) in [6.45, 7) is 5.28. The molecule has 3 rings (SSSR count). The number of nitrogens with one attached hydrogen (secondary N) is 3. The lowest BCUT2D eigenvalue weighted by Crippen LogP contribution is -2.58. The van der Waals surface area contributed by atoms with Crippen molar-refractivity contribution < 1.29 is 14.0 Å². The molecule has 27 heavy (non-hydrogen) atoms. The Morgan fingerprint density at radius 3 is 2.85 bits per heavy atom. The van der Waals surface area contributed by atoms with E-state index in [-0.39, 0.29) is 36.4 Å². The van der Waals surface area contributed by atoms with Crippen molar-refractivity contribution in [1.82, 2.24) is 20.5 Å². The topological polar surface area (TPSA) is 94.3 Å². The number of H-pyrrole nitrogens is 1. The Balaban J connectivity index is 1.67. The van der Waals surface area contributed by atoms with Crippen LogP contribution in [0.4, 0.5) is 4.39 Å². The normalized spacial score (nSPS) is 17.9. The highest BCUT2D eigenvalue weighted by Crippen LogP contribution is 2.14. The number of halogens is 1. The average molecular weight is 374 g/mol. The van der Waals surface area contributed by atoms with Crippen molar-refractivity contribution in [1.29, 1.82) is 0 Å². The number of nitrogens with zero attached hydrogens (tertiary/aromatic N) is 1. The summed E-state index contributed by atoms with van der Waals surface area (Å²) in [5.41, 5.74) is 0.394. The van der Waals surface area contributed by atoms with Gasteiger partial charge in [-0.15, -0.1) is 0 Å². The molecule has 0 bridgehead atoms. The number of hydrogen-bond donors (Lipinski definition) is 3. The Labute approximate surface area is 155 Å². The van der Waals surface area contributed by atoms with Crippen LogP contribution in [0.3, 0.4) is 0 Å². The summed E-state index contributed by atoms with van der Waals surface area (Å²) < 4.78 is 13.2. The third-order valence-electron chi connectivity index (χ3n) is 4.78. The second-order valence-corrected chi connectivity index (χ2v) is 6.97. The molecule has 1 aliphatic heterocycles. The second kappa shape index (κ2) is 7.87. The summed E-state index contributed by atoms with van der Waals surface area (Å²) in [5.74, 6) is -0.892. The molecule has 2 amide bonds. The van der Waals surface area contributed by atoms with Crippen molar-refractivity contribution in [3.05, 3.63) is 46.0 Å². The van der Waals surface area contributed by atoms with Gasteiger partial charge in [0.15, 0.2) is 0 Å². The maximum atomic E-state index is 13.2. The van der Waals surface area contributed by atoms with E-state index in [0.29, 0.717) is 29.6 Å². The molecular formula is C19H23FN4O3. The van der Waals surface area contributed by atoms with Gasteiger partial charge in [-0.25, -0.2) is 4.39 Å². The number of aromatic amines is 1. The van der Waals surface area contributed by atoms with Crippen molar-refractivity contribution in [2.75, 3.05) is 13.1 Å². The Morgan fingerprint density at radius 1 is 1.33 bits per heavy atom. The molecule has 1 aromatic carbocycles. The maximum Gasteiger partial charge on any atom is 0.253 e. The number of fused-ring (bicyclic) bond motifs is 1. The van der Waals surface area contributed by atoms with E-state index >= 15 is 0 Å². The van der Waals surface area contributed by atoms with Gasteiger partial charge in [-0.2, -0.15) is 0 Å². The number of carbonyl (C=O) groups excluding carboxylic acids is 2. The van der Waals surface area contributed by atoms with Gasteiger partial charge in [-0.1, -0.05) is 0 Å². The zero-order valence-corrected chi connectivity index (χ0v) is 15.3. The van der Waals surface area contributed by atoms with Gasteiger partial charge in [0.25, 0.3) is 5.56 Å². The Kier molecular flexibility index (Phi) is 5.55. The molecule has 3 N–H and O–H groups in total. The first kappa shape index (κ1) is 19.0. The van der Waals surface area contributed by atoms with Gasteiger partial charge in [-0.05, 0) is 43.5 Å². The van der Waals surface area contributed by atoms with Crippen molar-refractivity contribution in [2.45, 2.75) is 38.9 Å². The van der Waals surface area contributed by atoms with E-state index in [4.69, 9.17) is 0 Å². The van der Waals surface area contributed by atoms with Gasteiger partial charge in [0.1, 0.15) is 5.82 Å². The molecule has 0 spiro atoms. The van der Waals surface area contributed by atoms with Gasteiger partial charge in [0, 0.05) is 31.2 Å². The SMILES string of the molecule is CC(C)N1CCNC(=O)[C@H]1CC(=O)NCc1cc2ccc(F)cc2[nH]c1=O. The van der Waals surface area contributed by atoms with E-state index in [1.807, 2.05) is 18.7 Å². The number of aromatic nitrogens is 1. The van der Waals surface area contributed by atoms with Crippen LogP contribution in [0.1, 0.15) is 25.8 Å². The summed E-state index contributed by atoms with van der Waals surface area (Å²) >= 11 is 0. The van der Waals surface area contributed by atoms with Crippen LogP contribution in [0.5, 0.6) is 0 Å². The number of benzene rings is 1. The first-order chi connectivity index (χ1) is 12.8. The van der Waals surface area contributed by atoms with Crippen LogP contribution >= 0.6 is 0 Å². The monoisotopic (exact) mass is 374 g/mol. The number of hydrogen-bond acceptors (Lipinski definition) is 4. The molecule has 7 nitrogen and oxygen atoms in total. The lowest BCUT2D eigenvalue weighted by Gasteiger charge is -2.37. The highest BCUT2D eigenvalue weighted by atomic mass is 19.1. The van der Waals surface area contributed by atoms with Crippen LogP contribution < -0.4 is 16.2 Å². The maximum absolute atomic E-state index is 13.2. The van der Waals surface area contributed by atoms with E-state index < -0.39 is 11.9 Å². The number of piperazine rings is 1. The van der Waals surface area contributed by atoms with Gasteiger partial charge in [0.05, 0.1) is 18.0 Å². The number of rotatable bonds is 5. The van der Waals surface area contributed by atoms with Crippen LogP contribution in [0.2, 0.25) is 0 Å². The molecule has 0 unspecified atom stereocenters. The lowest BCUT2D eigenvalue weighted by atomic mass is 10.1. The molecule has 1 fully saturated rings.